The molecule has 0 saturated carbocycles. The van der Waals surface area contributed by atoms with Gasteiger partial charge in [-0.1, -0.05) is 13.3 Å². The van der Waals surface area contributed by atoms with E-state index < -0.39 is 0 Å². The number of hydrogen-bond acceptors (Lipinski definition) is 2. The lowest BCUT2D eigenvalue weighted by Crippen LogP contribution is -2.43. The second-order valence-electron chi connectivity index (χ2n) is 2.91. The van der Waals surface area contributed by atoms with E-state index in [2.05, 4.69) is 0 Å². The minimum atomic E-state index is -0.296. The van der Waals surface area contributed by atoms with Gasteiger partial charge in [0.2, 0.25) is 5.91 Å². The summed E-state index contributed by atoms with van der Waals surface area (Å²) in [5.41, 5.74) is 5.69. The van der Waals surface area contributed by atoms with Gasteiger partial charge in [-0.15, -0.1) is 0 Å². The van der Waals surface area contributed by atoms with Crippen LogP contribution in [0, 0.1) is 0 Å². The predicted molar refractivity (Wildman–Crippen MR) is 50.8 cm³/mol. The molecular weight excluding hydrogens is 152 g/mol. The first-order valence-corrected chi connectivity index (χ1v) is 4.71. The molecule has 0 aliphatic carbocycles. The smallest absolute Gasteiger partial charge is 0.239 e. The molecule has 0 fully saturated rings. The van der Waals surface area contributed by atoms with Crippen LogP contribution < -0.4 is 5.73 Å². The number of nitrogens with two attached hydrogens (primary N) is 1. The van der Waals surface area contributed by atoms with Gasteiger partial charge >= 0.3 is 0 Å². The number of rotatable bonds is 5. The normalized spacial score (nSPS) is 12.7. The third-order valence-electron chi connectivity index (χ3n) is 1.99. The van der Waals surface area contributed by atoms with Crippen molar-refractivity contribution in [2.24, 2.45) is 5.73 Å². The van der Waals surface area contributed by atoms with Crippen LogP contribution in [0.25, 0.3) is 0 Å². The lowest BCUT2D eigenvalue weighted by atomic mass is 10.1. The Bertz CT molecular complexity index is 132. The average Bonchev–Trinajstić information content (AvgIpc) is 2.07. The molecule has 3 heteroatoms. The van der Waals surface area contributed by atoms with Crippen molar-refractivity contribution in [2.75, 3.05) is 13.1 Å². The standard InChI is InChI=1S/C9H20N2O/c1-4-7-8(10)9(12)11(5-2)6-3/h8H,4-7,10H2,1-3H3/t8-/m0/s1. The van der Waals surface area contributed by atoms with Gasteiger partial charge in [0.25, 0.3) is 0 Å². The number of likely N-dealkylation sites (N-methyl/N-ethyl adjacent to an activating group) is 1. The molecule has 0 aliphatic rings. The molecule has 1 atom stereocenters. The third kappa shape index (κ3) is 3.22. The fourth-order valence-corrected chi connectivity index (χ4v) is 1.20. The van der Waals surface area contributed by atoms with Gasteiger partial charge in [-0.25, -0.2) is 0 Å². The van der Waals surface area contributed by atoms with Crippen molar-refractivity contribution in [3.05, 3.63) is 0 Å². The SMILES string of the molecule is CCC[C@H](N)C(=O)N(CC)CC. The molecular formula is C9H20N2O. The van der Waals surface area contributed by atoms with E-state index >= 15 is 0 Å². The molecule has 0 saturated heterocycles. The van der Waals surface area contributed by atoms with Gasteiger partial charge in [-0.05, 0) is 20.3 Å². The fourth-order valence-electron chi connectivity index (χ4n) is 1.20. The van der Waals surface area contributed by atoms with Crippen molar-refractivity contribution >= 4 is 5.91 Å². The second-order valence-corrected chi connectivity index (χ2v) is 2.91. The zero-order chi connectivity index (χ0) is 9.56. The monoisotopic (exact) mass is 172 g/mol. The van der Waals surface area contributed by atoms with E-state index in [1.165, 1.54) is 0 Å². The molecule has 0 spiro atoms. The van der Waals surface area contributed by atoms with Crippen LogP contribution in [0.2, 0.25) is 0 Å². The largest absolute Gasteiger partial charge is 0.342 e. The van der Waals surface area contributed by atoms with Gasteiger partial charge in [0.05, 0.1) is 6.04 Å². The molecule has 0 aromatic carbocycles. The zero-order valence-corrected chi connectivity index (χ0v) is 8.34. The van der Waals surface area contributed by atoms with Crippen molar-refractivity contribution in [1.29, 1.82) is 0 Å². The molecule has 0 rings (SSSR count). The van der Waals surface area contributed by atoms with Gasteiger partial charge < -0.3 is 10.6 Å². The van der Waals surface area contributed by atoms with Gasteiger partial charge in [0.15, 0.2) is 0 Å². The molecule has 72 valence electrons. The molecule has 0 heterocycles. The fraction of sp³-hybridized carbons (Fsp3) is 0.889. The van der Waals surface area contributed by atoms with Crippen LogP contribution in [0.3, 0.4) is 0 Å². The summed E-state index contributed by atoms with van der Waals surface area (Å²) in [5, 5.41) is 0. The van der Waals surface area contributed by atoms with Crippen LogP contribution in [0.5, 0.6) is 0 Å². The van der Waals surface area contributed by atoms with E-state index in [0.29, 0.717) is 0 Å². The summed E-state index contributed by atoms with van der Waals surface area (Å²) in [4.78, 5) is 13.3. The number of carbonyl (C=O) groups is 1. The van der Waals surface area contributed by atoms with Crippen LogP contribution in [-0.4, -0.2) is 29.9 Å². The highest BCUT2D eigenvalue weighted by Gasteiger charge is 2.16. The summed E-state index contributed by atoms with van der Waals surface area (Å²) < 4.78 is 0. The number of hydrogen-bond donors (Lipinski definition) is 1. The molecule has 0 unspecified atom stereocenters. The Hall–Kier alpha value is -0.570. The Morgan fingerprint density at radius 3 is 2.17 bits per heavy atom. The highest BCUT2D eigenvalue weighted by molar-refractivity contribution is 5.81. The minimum Gasteiger partial charge on any atom is -0.342 e. The second kappa shape index (κ2) is 6.00. The number of amides is 1. The summed E-state index contributed by atoms with van der Waals surface area (Å²) in [6.07, 6.45) is 1.75. The first-order valence-electron chi connectivity index (χ1n) is 4.71. The van der Waals surface area contributed by atoms with Crippen molar-refractivity contribution in [1.82, 2.24) is 4.90 Å². The Labute approximate surface area is 74.9 Å². The highest BCUT2D eigenvalue weighted by atomic mass is 16.2. The Morgan fingerprint density at radius 1 is 1.33 bits per heavy atom. The molecule has 2 N–H and O–H groups in total. The lowest BCUT2D eigenvalue weighted by Gasteiger charge is -2.22. The molecule has 0 radical (unpaired) electrons. The van der Waals surface area contributed by atoms with Crippen molar-refractivity contribution in [3.8, 4) is 0 Å². The van der Waals surface area contributed by atoms with E-state index in [1.54, 1.807) is 4.90 Å². The van der Waals surface area contributed by atoms with Crippen molar-refractivity contribution in [2.45, 2.75) is 39.7 Å². The molecule has 1 amide bonds. The van der Waals surface area contributed by atoms with Crippen LogP contribution in [-0.2, 0) is 4.79 Å². The van der Waals surface area contributed by atoms with Crippen LogP contribution in [0.1, 0.15) is 33.6 Å². The quantitative estimate of drug-likeness (QED) is 0.672. The van der Waals surface area contributed by atoms with E-state index in [0.717, 1.165) is 25.9 Å². The molecule has 0 aliphatic heterocycles. The average molecular weight is 172 g/mol. The van der Waals surface area contributed by atoms with E-state index in [9.17, 15) is 4.79 Å². The predicted octanol–water partition coefficient (Wildman–Crippen LogP) is 0.982. The van der Waals surface area contributed by atoms with E-state index in [-0.39, 0.29) is 11.9 Å². The van der Waals surface area contributed by atoms with Crippen LogP contribution in [0.4, 0.5) is 0 Å². The summed E-state index contributed by atoms with van der Waals surface area (Å²) >= 11 is 0. The van der Waals surface area contributed by atoms with Gasteiger partial charge in [0, 0.05) is 13.1 Å². The minimum absolute atomic E-state index is 0.0850. The first-order chi connectivity index (χ1) is 5.67. The number of nitrogens with zero attached hydrogens (tertiary/aromatic N) is 1. The Kier molecular flexibility index (Phi) is 5.72. The van der Waals surface area contributed by atoms with E-state index in [1.807, 2.05) is 20.8 Å². The molecule has 0 aromatic rings. The molecule has 0 aromatic heterocycles. The van der Waals surface area contributed by atoms with E-state index in [4.69, 9.17) is 5.73 Å². The van der Waals surface area contributed by atoms with Crippen molar-refractivity contribution in [3.63, 3.8) is 0 Å². The third-order valence-corrected chi connectivity index (χ3v) is 1.99. The maximum Gasteiger partial charge on any atom is 0.239 e. The van der Waals surface area contributed by atoms with Crippen LogP contribution >= 0.6 is 0 Å². The zero-order valence-electron chi connectivity index (χ0n) is 8.34. The summed E-state index contributed by atoms with van der Waals surface area (Å²) in [6, 6.07) is -0.296. The highest BCUT2D eigenvalue weighted by Crippen LogP contribution is 1.99. The Morgan fingerprint density at radius 2 is 1.83 bits per heavy atom. The van der Waals surface area contributed by atoms with Gasteiger partial charge in [-0.2, -0.15) is 0 Å². The maximum atomic E-state index is 11.5. The van der Waals surface area contributed by atoms with Gasteiger partial charge in [-0.3, -0.25) is 4.79 Å². The molecule has 12 heavy (non-hydrogen) atoms. The summed E-state index contributed by atoms with van der Waals surface area (Å²) in [7, 11) is 0. The lowest BCUT2D eigenvalue weighted by molar-refractivity contribution is -0.132. The summed E-state index contributed by atoms with van der Waals surface area (Å²) in [6.45, 7) is 7.50. The Balaban J connectivity index is 3.97. The summed E-state index contributed by atoms with van der Waals surface area (Å²) in [5.74, 6) is 0.0850. The van der Waals surface area contributed by atoms with Crippen molar-refractivity contribution < 1.29 is 4.79 Å². The molecule has 0 bridgehead atoms. The van der Waals surface area contributed by atoms with Gasteiger partial charge in [0.1, 0.15) is 0 Å². The maximum absolute atomic E-state index is 11.5. The number of carbonyl (C=O) groups excluding carboxylic acids is 1. The first kappa shape index (κ1) is 11.4. The van der Waals surface area contributed by atoms with Crippen LogP contribution in [0.15, 0.2) is 0 Å². The molecule has 3 nitrogen and oxygen atoms in total. The topological polar surface area (TPSA) is 46.3 Å².